The SMILES string of the molecule is COc1cc(C(=O)O)cc(-c2ccc3ncc(-c4cc(C)cc(F)c4)c(C(=O)N(C)CC(C)N)c3c2)c1. The summed E-state index contributed by atoms with van der Waals surface area (Å²) >= 11 is 0. The van der Waals surface area contributed by atoms with Crippen molar-refractivity contribution in [1.82, 2.24) is 9.88 Å². The smallest absolute Gasteiger partial charge is 0.335 e. The molecule has 190 valence electrons. The van der Waals surface area contributed by atoms with Crippen molar-refractivity contribution in [3.8, 4) is 28.0 Å². The second-order valence-electron chi connectivity index (χ2n) is 9.21. The quantitative estimate of drug-likeness (QED) is 0.363. The minimum atomic E-state index is -1.08. The molecule has 1 heterocycles. The number of carbonyl (C=O) groups excluding carboxylic acids is 1. The van der Waals surface area contributed by atoms with Gasteiger partial charge in [-0.05, 0) is 78.6 Å². The maximum absolute atomic E-state index is 14.4. The van der Waals surface area contributed by atoms with E-state index in [9.17, 15) is 19.1 Å². The third-order valence-corrected chi connectivity index (χ3v) is 6.07. The van der Waals surface area contributed by atoms with Gasteiger partial charge >= 0.3 is 5.97 Å². The third kappa shape index (κ3) is 5.44. The Hall–Kier alpha value is -4.30. The molecule has 37 heavy (non-hydrogen) atoms. The molecule has 3 aromatic carbocycles. The monoisotopic (exact) mass is 501 g/mol. The highest BCUT2D eigenvalue weighted by atomic mass is 19.1. The van der Waals surface area contributed by atoms with E-state index >= 15 is 0 Å². The second-order valence-corrected chi connectivity index (χ2v) is 9.21. The number of ether oxygens (including phenoxy) is 1. The molecule has 0 saturated heterocycles. The summed E-state index contributed by atoms with van der Waals surface area (Å²) in [5, 5.41) is 10.1. The van der Waals surface area contributed by atoms with E-state index in [2.05, 4.69) is 4.98 Å². The van der Waals surface area contributed by atoms with Gasteiger partial charge in [0, 0.05) is 36.8 Å². The molecule has 0 fully saturated rings. The molecule has 0 aliphatic carbocycles. The average Bonchev–Trinajstić information content (AvgIpc) is 2.85. The van der Waals surface area contributed by atoms with Gasteiger partial charge in [-0.15, -0.1) is 0 Å². The lowest BCUT2D eigenvalue weighted by atomic mass is 9.93. The van der Waals surface area contributed by atoms with Crippen LogP contribution in [0.15, 0.2) is 60.8 Å². The molecule has 0 spiro atoms. The number of aromatic carboxylic acids is 1. The molecular formula is C29H28FN3O4. The Kier molecular flexibility index (Phi) is 7.22. The predicted molar refractivity (Wildman–Crippen MR) is 141 cm³/mol. The highest BCUT2D eigenvalue weighted by molar-refractivity contribution is 6.12. The topological polar surface area (TPSA) is 106 Å². The molecule has 4 rings (SSSR count). The van der Waals surface area contributed by atoms with Crippen molar-refractivity contribution in [2.75, 3.05) is 20.7 Å². The van der Waals surface area contributed by atoms with E-state index in [4.69, 9.17) is 10.5 Å². The van der Waals surface area contributed by atoms with Gasteiger partial charge in [0.05, 0.1) is 23.8 Å². The summed E-state index contributed by atoms with van der Waals surface area (Å²) in [4.78, 5) is 31.6. The van der Waals surface area contributed by atoms with Crippen molar-refractivity contribution in [2.45, 2.75) is 19.9 Å². The standard InChI is InChI=1S/C29H28FN3O4/c1-16-7-20(10-22(30)8-16)25-14-32-26-6-5-18(19-9-21(29(35)36)12-23(11-19)37-4)13-24(26)27(25)28(34)33(3)15-17(2)31/h5-14,17H,15,31H2,1-4H3,(H,35,36). The van der Waals surface area contributed by atoms with Crippen molar-refractivity contribution >= 4 is 22.8 Å². The number of hydrogen-bond acceptors (Lipinski definition) is 5. The van der Waals surface area contributed by atoms with Crippen LogP contribution in [0.5, 0.6) is 5.75 Å². The summed E-state index contributed by atoms with van der Waals surface area (Å²) in [5.74, 6) is -1.38. The van der Waals surface area contributed by atoms with Crippen molar-refractivity contribution < 1.29 is 23.8 Å². The summed E-state index contributed by atoms with van der Waals surface area (Å²) in [5.41, 5.74) is 9.98. The van der Waals surface area contributed by atoms with E-state index < -0.39 is 11.8 Å². The molecule has 1 amide bonds. The fourth-order valence-electron chi connectivity index (χ4n) is 4.43. The van der Waals surface area contributed by atoms with Gasteiger partial charge in [-0.25, -0.2) is 9.18 Å². The van der Waals surface area contributed by atoms with Crippen LogP contribution in [-0.4, -0.2) is 53.6 Å². The Labute approximate surface area is 214 Å². The Morgan fingerprint density at radius 3 is 2.49 bits per heavy atom. The predicted octanol–water partition coefficient (Wildman–Crippen LogP) is 5.14. The number of pyridine rings is 1. The number of halogens is 1. The summed E-state index contributed by atoms with van der Waals surface area (Å²) < 4.78 is 19.7. The summed E-state index contributed by atoms with van der Waals surface area (Å²) in [6, 6.07) is 14.4. The zero-order valence-corrected chi connectivity index (χ0v) is 21.1. The van der Waals surface area contributed by atoms with Crippen LogP contribution in [0, 0.1) is 12.7 Å². The molecular weight excluding hydrogens is 473 g/mol. The van der Waals surface area contributed by atoms with Gasteiger partial charge in [0.2, 0.25) is 0 Å². The molecule has 0 radical (unpaired) electrons. The molecule has 1 unspecified atom stereocenters. The van der Waals surface area contributed by atoms with Gasteiger partial charge in [0.25, 0.3) is 5.91 Å². The van der Waals surface area contributed by atoms with E-state index in [1.165, 1.54) is 30.2 Å². The van der Waals surface area contributed by atoms with Crippen LogP contribution >= 0.6 is 0 Å². The maximum Gasteiger partial charge on any atom is 0.335 e. The molecule has 0 bridgehead atoms. The first-order valence-electron chi connectivity index (χ1n) is 11.7. The van der Waals surface area contributed by atoms with Crippen LogP contribution in [0.3, 0.4) is 0 Å². The fourth-order valence-corrected chi connectivity index (χ4v) is 4.43. The molecule has 0 saturated carbocycles. The average molecular weight is 502 g/mol. The van der Waals surface area contributed by atoms with Crippen LogP contribution in [0.1, 0.15) is 33.2 Å². The third-order valence-electron chi connectivity index (χ3n) is 6.07. The van der Waals surface area contributed by atoms with Gasteiger partial charge in [0.15, 0.2) is 0 Å². The molecule has 1 atom stereocenters. The van der Waals surface area contributed by atoms with Crippen molar-refractivity contribution in [3.63, 3.8) is 0 Å². The zero-order chi connectivity index (χ0) is 26.9. The Morgan fingerprint density at radius 1 is 1.08 bits per heavy atom. The number of benzene rings is 3. The molecule has 1 aromatic heterocycles. The number of rotatable bonds is 7. The Bertz CT molecular complexity index is 1500. The summed E-state index contributed by atoms with van der Waals surface area (Å²) in [6.45, 7) is 3.92. The number of likely N-dealkylation sites (N-methyl/N-ethyl adjacent to an activating group) is 1. The summed E-state index contributed by atoms with van der Waals surface area (Å²) in [7, 11) is 3.14. The fraction of sp³-hybridized carbons (Fsp3) is 0.207. The van der Waals surface area contributed by atoms with Gasteiger partial charge in [-0.1, -0.05) is 12.1 Å². The number of aryl methyl sites for hydroxylation is 1. The molecule has 4 aromatic rings. The Morgan fingerprint density at radius 2 is 1.84 bits per heavy atom. The molecule has 7 nitrogen and oxygen atoms in total. The van der Waals surface area contributed by atoms with Crippen LogP contribution in [-0.2, 0) is 0 Å². The Balaban J connectivity index is 2.00. The van der Waals surface area contributed by atoms with E-state index in [0.29, 0.717) is 56.6 Å². The van der Waals surface area contributed by atoms with Gasteiger partial charge < -0.3 is 20.5 Å². The number of aromatic nitrogens is 1. The first-order valence-corrected chi connectivity index (χ1v) is 11.7. The lowest BCUT2D eigenvalue weighted by molar-refractivity contribution is 0.0695. The lowest BCUT2D eigenvalue weighted by Gasteiger charge is -2.22. The lowest BCUT2D eigenvalue weighted by Crippen LogP contribution is -2.37. The van der Waals surface area contributed by atoms with Crippen molar-refractivity contribution in [1.29, 1.82) is 0 Å². The van der Waals surface area contributed by atoms with Crippen molar-refractivity contribution in [3.05, 3.63) is 83.3 Å². The van der Waals surface area contributed by atoms with Gasteiger partial charge in [0.1, 0.15) is 11.6 Å². The number of nitrogens with zero attached hydrogens (tertiary/aromatic N) is 2. The largest absolute Gasteiger partial charge is 0.497 e. The first-order chi connectivity index (χ1) is 17.6. The molecule has 0 aliphatic rings. The number of fused-ring (bicyclic) bond motifs is 1. The van der Waals surface area contributed by atoms with Crippen LogP contribution < -0.4 is 10.5 Å². The normalized spacial score (nSPS) is 11.8. The highest BCUT2D eigenvalue weighted by Crippen LogP contribution is 2.34. The van der Waals surface area contributed by atoms with E-state index in [-0.39, 0.29) is 17.5 Å². The summed E-state index contributed by atoms with van der Waals surface area (Å²) in [6.07, 6.45) is 1.58. The zero-order valence-electron chi connectivity index (χ0n) is 21.1. The van der Waals surface area contributed by atoms with Gasteiger partial charge in [-0.2, -0.15) is 0 Å². The minimum Gasteiger partial charge on any atom is -0.497 e. The van der Waals surface area contributed by atoms with E-state index in [1.54, 1.807) is 50.5 Å². The van der Waals surface area contributed by atoms with Gasteiger partial charge in [-0.3, -0.25) is 9.78 Å². The highest BCUT2D eigenvalue weighted by Gasteiger charge is 2.23. The first kappa shape index (κ1) is 25.8. The number of carboxylic acids is 1. The minimum absolute atomic E-state index is 0.0736. The molecule has 8 heteroatoms. The second kappa shape index (κ2) is 10.4. The number of carboxylic acid groups (broad SMARTS) is 1. The number of hydrogen-bond donors (Lipinski definition) is 2. The van der Waals surface area contributed by atoms with E-state index in [1.807, 2.05) is 13.0 Å². The number of amides is 1. The van der Waals surface area contributed by atoms with Crippen LogP contribution in [0.2, 0.25) is 0 Å². The van der Waals surface area contributed by atoms with Crippen LogP contribution in [0.4, 0.5) is 4.39 Å². The number of nitrogens with two attached hydrogens (primary N) is 1. The van der Waals surface area contributed by atoms with Crippen LogP contribution in [0.25, 0.3) is 33.2 Å². The van der Waals surface area contributed by atoms with E-state index in [0.717, 1.165) is 0 Å². The maximum atomic E-state index is 14.4. The number of carbonyl (C=O) groups is 2. The molecule has 3 N–H and O–H groups in total. The van der Waals surface area contributed by atoms with Crippen molar-refractivity contribution in [2.24, 2.45) is 5.73 Å². The number of methoxy groups -OCH3 is 1. The molecule has 0 aliphatic heterocycles.